The highest BCUT2D eigenvalue weighted by molar-refractivity contribution is 9.10. The van der Waals surface area contributed by atoms with Gasteiger partial charge in [0.1, 0.15) is 0 Å². The highest BCUT2D eigenvalue weighted by Crippen LogP contribution is 2.21. The Bertz CT molecular complexity index is 673. The number of benzene rings is 2. The van der Waals surface area contributed by atoms with Crippen LogP contribution in [0.5, 0.6) is 0 Å². The molecule has 110 valence electrons. The Hall–Kier alpha value is -1.52. The lowest BCUT2D eigenvalue weighted by molar-refractivity contribution is -0.114. The number of hydrogen-bond donors (Lipinski definition) is 2. The van der Waals surface area contributed by atoms with Crippen molar-refractivity contribution < 1.29 is 4.79 Å². The minimum absolute atomic E-state index is 0.101. The Morgan fingerprint density at radius 2 is 1.90 bits per heavy atom. The zero-order valence-electron chi connectivity index (χ0n) is 11.8. The molecule has 5 heteroatoms. The molecule has 0 saturated heterocycles. The summed E-state index contributed by atoms with van der Waals surface area (Å²) in [6, 6.07) is 11.3. The van der Waals surface area contributed by atoms with Gasteiger partial charge in [-0.2, -0.15) is 0 Å². The van der Waals surface area contributed by atoms with Gasteiger partial charge < -0.3 is 10.6 Å². The maximum Gasteiger partial charge on any atom is 0.243 e. The lowest BCUT2D eigenvalue weighted by Crippen LogP contribution is -2.22. The van der Waals surface area contributed by atoms with Crippen LogP contribution in [0.2, 0.25) is 5.02 Å². The van der Waals surface area contributed by atoms with Gasteiger partial charge in [0.15, 0.2) is 0 Å². The van der Waals surface area contributed by atoms with Crippen molar-refractivity contribution in [1.29, 1.82) is 0 Å². The van der Waals surface area contributed by atoms with E-state index in [1.54, 1.807) is 0 Å². The molecule has 0 radical (unpaired) electrons. The van der Waals surface area contributed by atoms with E-state index in [0.29, 0.717) is 5.02 Å². The molecule has 0 unspecified atom stereocenters. The van der Waals surface area contributed by atoms with Crippen LogP contribution in [-0.4, -0.2) is 12.5 Å². The van der Waals surface area contributed by atoms with E-state index in [4.69, 9.17) is 11.6 Å². The molecule has 0 aromatic heterocycles. The smallest absolute Gasteiger partial charge is 0.243 e. The molecular formula is C16H16BrClN2O. The van der Waals surface area contributed by atoms with Crippen LogP contribution in [0.25, 0.3) is 0 Å². The standard InChI is InChI=1S/C16H16BrClN2O/c1-10-3-4-12(18)8-15(10)19-9-16(21)20-13-5-6-14(17)11(2)7-13/h3-8,19H,9H2,1-2H3,(H,20,21). The molecule has 2 aromatic carbocycles. The summed E-state index contributed by atoms with van der Waals surface area (Å²) in [5, 5.41) is 6.60. The normalized spacial score (nSPS) is 10.3. The lowest BCUT2D eigenvalue weighted by Gasteiger charge is -2.11. The second-order valence-corrected chi connectivity index (χ2v) is 6.12. The van der Waals surface area contributed by atoms with Crippen LogP contribution in [0.3, 0.4) is 0 Å². The maximum atomic E-state index is 12.0. The molecule has 0 bridgehead atoms. The lowest BCUT2D eigenvalue weighted by atomic mass is 10.2. The van der Waals surface area contributed by atoms with Gasteiger partial charge in [0.25, 0.3) is 0 Å². The van der Waals surface area contributed by atoms with E-state index in [1.165, 1.54) is 0 Å². The second kappa shape index (κ2) is 6.96. The van der Waals surface area contributed by atoms with Crippen LogP contribution in [0.15, 0.2) is 40.9 Å². The predicted octanol–water partition coefficient (Wildman–Crippen LogP) is 4.77. The van der Waals surface area contributed by atoms with E-state index in [0.717, 1.165) is 27.0 Å². The molecule has 0 aliphatic carbocycles. The summed E-state index contributed by atoms with van der Waals surface area (Å²) in [7, 11) is 0. The molecule has 0 saturated carbocycles. The van der Waals surface area contributed by atoms with E-state index >= 15 is 0 Å². The van der Waals surface area contributed by atoms with Crippen LogP contribution in [0, 0.1) is 13.8 Å². The van der Waals surface area contributed by atoms with Gasteiger partial charge in [-0.05, 0) is 55.3 Å². The first kappa shape index (κ1) is 15.9. The molecule has 0 aliphatic heterocycles. The van der Waals surface area contributed by atoms with E-state index in [1.807, 2.05) is 50.2 Å². The molecule has 0 heterocycles. The third-order valence-corrected chi connectivity index (χ3v) is 4.21. The number of halogens is 2. The number of amides is 1. The fourth-order valence-corrected chi connectivity index (χ4v) is 2.31. The first-order chi connectivity index (χ1) is 9.95. The third-order valence-electron chi connectivity index (χ3n) is 3.08. The van der Waals surface area contributed by atoms with Crippen LogP contribution in [-0.2, 0) is 4.79 Å². The number of carbonyl (C=O) groups excluding carboxylic acids is 1. The zero-order valence-corrected chi connectivity index (χ0v) is 14.2. The summed E-state index contributed by atoms with van der Waals surface area (Å²) >= 11 is 9.38. The summed E-state index contributed by atoms with van der Waals surface area (Å²) in [5.74, 6) is -0.101. The van der Waals surface area contributed by atoms with Crippen molar-refractivity contribution in [2.45, 2.75) is 13.8 Å². The molecule has 3 nitrogen and oxygen atoms in total. The number of carbonyl (C=O) groups is 1. The van der Waals surface area contributed by atoms with Crippen molar-refractivity contribution in [2.24, 2.45) is 0 Å². The monoisotopic (exact) mass is 366 g/mol. The number of hydrogen-bond acceptors (Lipinski definition) is 2. The molecule has 0 fully saturated rings. The van der Waals surface area contributed by atoms with Gasteiger partial charge in [-0.3, -0.25) is 4.79 Å². The van der Waals surface area contributed by atoms with Crippen molar-refractivity contribution in [2.75, 3.05) is 17.2 Å². The maximum absolute atomic E-state index is 12.0. The van der Waals surface area contributed by atoms with E-state index in [9.17, 15) is 4.79 Å². The van der Waals surface area contributed by atoms with Gasteiger partial charge in [-0.15, -0.1) is 0 Å². The van der Waals surface area contributed by atoms with E-state index in [-0.39, 0.29) is 12.5 Å². The third kappa shape index (κ3) is 4.48. The number of anilines is 2. The first-order valence-electron chi connectivity index (χ1n) is 6.52. The Kier molecular flexibility index (Phi) is 5.26. The molecule has 2 aromatic rings. The van der Waals surface area contributed by atoms with Gasteiger partial charge in [-0.25, -0.2) is 0 Å². The fraction of sp³-hybridized carbons (Fsp3) is 0.188. The second-order valence-electron chi connectivity index (χ2n) is 4.82. The number of nitrogens with one attached hydrogen (secondary N) is 2. The molecule has 0 atom stereocenters. The molecular weight excluding hydrogens is 352 g/mol. The molecule has 21 heavy (non-hydrogen) atoms. The quantitative estimate of drug-likeness (QED) is 0.817. The van der Waals surface area contributed by atoms with Gasteiger partial charge in [0.05, 0.1) is 6.54 Å². The van der Waals surface area contributed by atoms with Crippen LogP contribution in [0.4, 0.5) is 11.4 Å². The molecule has 0 aliphatic rings. The molecule has 1 amide bonds. The Morgan fingerprint density at radius 3 is 2.62 bits per heavy atom. The number of rotatable bonds is 4. The van der Waals surface area contributed by atoms with Crippen LogP contribution in [0.1, 0.15) is 11.1 Å². The summed E-state index contributed by atoms with van der Waals surface area (Å²) < 4.78 is 1.02. The minimum Gasteiger partial charge on any atom is -0.376 e. The van der Waals surface area contributed by atoms with E-state index < -0.39 is 0 Å². The summed E-state index contributed by atoms with van der Waals surface area (Å²) in [4.78, 5) is 12.0. The Labute approximate surface area is 137 Å². The van der Waals surface area contributed by atoms with E-state index in [2.05, 4.69) is 26.6 Å². The fourth-order valence-electron chi connectivity index (χ4n) is 1.89. The average molecular weight is 368 g/mol. The summed E-state index contributed by atoms with van der Waals surface area (Å²) in [6.45, 7) is 4.14. The van der Waals surface area contributed by atoms with Crippen molar-refractivity contribution >= 4 is 44.8 Å². The van der Waals surface area contributed by atoms with Crippen LogP contribution >= 0.6 is 27.5 Å². The first-order valence-corrected chi connectivity index (χ1v) is 7.69. The average Bonchev–Trinajstić information content (AvgIpc) is 2.44. The van der Waals surface area contributed by atoms with Crippen molar-refractivity contribution in [3.05, 3.63) is 57.0 Å². The van der Waals surface area contributed by atoms with Gasteiger partial charge in [0.2, 0.25) is 5.91 Å². The van der Waals surface area contributed by atoms with Crippen molar-refractivity contribution in [3.8, 4) is 0 Å². The molecule has 0 spiro atoms. The Morgan fingerprint density at radius 1 is 1.14 bits per heavy atom. The number of aryl methyl sites for hydroxylation is 2. The predicted molar refractivity (Wildman–Crippen MR) is 92.2 cm³/mol. The van der Waals surface area contributed by atoms with Crippen LogP contribution < -0.4 is 10.6 Å². The topological polar surface area (TPSA) is 41.1 Å². The van der Waals surface area contributed by atoms with Gasteiger partial charge >= 0.3 is 0 Å². The molecule has 2 rings (SSSR count). The highest BCUT2D eigenvalue weighted by atomic mass is 79.9. The summed E-state index contributed by atoms with van der Waals surface area (Å²) in [5.41, 5.74) is 3.77. The Balaban J connectivity index is 1.95. The zero-order chi connectivity index (χ0) is 15.4. The van der Waals surface area contributed by atoms with Gasteiger partial charge in [0, 0.05) is 20.9 Å². The van der Waals surface area contributed by atoms with Gasteiger partial charge in [-0.1, -0.05) is 33.6 Å². The van der Waals surface area contributed by atoms with Crippen molar-refractivity contribution in [3.63, 3.8) is 0 Å². The highest BCUT2D eigenvalue weighted by Gasteiger charge is 2.05. The molecule has 2 N–H and O–H groups in total. The SMILES string of the molecule is Cc1cc(NC(=O)CNc2cc(Cl)ccc2C)ccc1Br. The largest absolute Gasteiger partial charge is 0.376 e. The van der Waals surface area contributed by atoms with Crippen molar-refractivity contribution in [1.82, 2.24) is 0 Å². The summed E-state index contributed by atoms with van der Waals surface area (Å²) in [6.07, 6.45) is 0. The minimum atomic E-state index is -0.101.